The van der Waals surface area contributed by atoms with Gasteiger partial charge < -0.3 is 14.4 Å². The smallest absolute Gasteiger partial charge is 0.264 e. The maximum atomic E-state index is 12.8. The van der Waals surface area contributed by atoms with E-state index < -0.39 is 0 Å². The Morgan fingerprint density at radius 1 is 1.39 bits per heavy atom. The molecule has 2 saturated heterocycles. The second kappa shape index (κ2) is 7.25. The Hall–Kier alpha value is -1.76. The topological polar surface area (TPSA) is 51.7 Å². The lowest BCUT2D eigenvalue weighted by atomic mass is 9.84. The van der Waals surface area contributed by atoms with Crippen LogP contribution in [0.3, 0.4) is 0 Å². The van der Waals surface area contributed by atoms with E-state index in [1.807, 2.05) is 30.0 Å². The molecule has 1 aliphatic carbocycles. The Labute approximate surface area is 169 Å². The predicted octanol–water partition coefficient (Wildman–Crippen LogP) is 3.53. The van der Waals surface area contributed by atoms with E-state index in [4.69, 9.17) is 9.47 Å². The van der Waals surface area contributed by atoms with Gasteiger partial charge >= 0.3 is 0 Å². The van der Waals surface area contributed by atoms with Crippen LogP contribution in [-0.4, -0.2) is 47.2 Å². The third-order valence-electron chi connectivity index (χ3n) is 6.06. The number of thiophene rings is 1. The van der Waals surface area contributed by atoms with E-state index in [2.05, 4.69) is 11.1 Å². The highest BCUT2D eigenvalue weighted by Gasteiger charge is 2.50. The molecule has 0 N–H and O–H groups in total. The van der Waals surface area contributed by atoms with Crippen molar-refractivity contribution in [2.75, 3.05) is 19.7 Å². The first-order valence-corrected chi connectivity index (χ1v) is 11.0. The molecule has 2 aliphatic heterocycles. The fourth-order valence-electron chi connectivity index (χ4n) is 4.61. The summed E-state index contributed by atoms with van der Waals surface area (Å²) < 4.78 is 12.2. The Balaban J connectivity index is 1.16. The Morgan fingerprint density at radius 2 is 2.29 bits per heavy atom. The van der Waals surface area contributed by atoms with Crippen LogP contribution in [-0.2, 0) is 28.9 Å². The number of likely N-dealkylation sites (tertiary alicyclic amines) is 1. The molecule has 2 aromatic heterocycles. The largest absolute Gasteiger partial charge is 0.372 e. The first-order chi connectivity index (χ1) is 13.6. The number of aryl methyl sites for hydroxylation is 3. The fourth-order valence-corrected chi connectivity index (χ4v) is 5.83. The molecule has 28 heavy (non-hydrogen) atoms. The standard InChI is InChI=1S/C22H26N2O3S/c1-15-4-2-6-17(23-15)12-26-18-8-9-27-22(11-18)13-24(14-22)21(25)20-10-16-5-3-7-19(16)28-20/h2,4,6,10,18H,3,5,7-9,11-14H2,1H3. The van der Waals surface area contributed by atoms with Crippen LogP contribution >= 0.6 is 11.3 Å². The quantitative estimate of drug-likeness (QED) is 0.791. The second-order valence-corrected chi connectivity index (χ2v) is 9.44. The normalized spacial score (nSPS) is 22.9. The van der Waals surface area contributed by atoms with Crippen LogP contribution < -0.4 is 0 Å². The minimum Gasteiger partial charge on any atom is -0.372 e. The van der Waals surface area contributed by atoms with Gasteiger partial charge in [-0.1, -0.05) is 6.07 Å². The summed E-state index contributed by atoms with van der Waals surface area (Å²) in [7, 11) is 0. The number of amides is 1. The lowest BCUT2D eigenvalue weighted by Gasteiger charge is -2.52. The summed E-state index contributed by atoms with van der Waals surface area (Å²) in [6.07, 6.45) is 5.41. The average molecular weight is 399 g/mol. The molecule has 1 atom stereocenters. The van der Waals surface area contributed by atoms with Crippen LogP contribution in [0.15, 0.2) is 24.3 Å². The van der Waals surface area contributed by atoms with Crippen LogP contribution in [0.25, 0.3) is 0 Å². The minimum absolute atomic E-state index is 0.166. The van der Waals surface area contributed by atoms with Crippen molar-refractivity contribution in [2.45, 2.75) is 57.3 Å². The summed E-state index contributed by atoms with van der Waals surface area (Å²) in [6.45, 7) is 4.58. The van der Waals surface area contributed by atoms with Gasteiger partial charge in [0.25, 0.3) is 5.91 Å². The van der Waals surface area contributed by atoms with Crippen molar-refractivity contribution < 1.29 is 14.3 Å². The van der Waals surface area contributed by atoms with Gasteiger partial charge in [-0.25, -0.2) is 0 Å². The molecule has 3 aliphatic rings. The van der Waals surface area contributed by atoms with Gasteiger partial charge in [-0.2, -0.15) is 0 Å². The highest BCUT2D eigenvalue weighted by molar-refractivity contribution is 7.14. The van der Waals surface area contributed by atoms with E-state index in [1.54, 1.807) is 11.3 Å². The molecule has 4 heterocycles. The Kier molecular flexibility index (Phi) is 4.73. The summed E-state index contributed by atoms with van der Waals surface area (Å²) in [5.74, 6) is 0.167. The van der Waals surface area contributed by atoms with Gasteiger partial charge in [-0.05, 0) is 56.4 Å². The first-order valence-electron chi connectivity index (χ1n) is 10.2. The van der Waals surface area contributed by atoms with Gasteiger partial charge in [0.1, 0.15) is 5.60 Å². The summed E-state index contributed by atoms with van der Waals surface area (Å²) in [5, 5.41) is 0. The zero-order valence-electron chi connectivity index (χ0n) is 16.3. The number of rotatable bonds is 4. The maximum Gasteiger partial charge on any atom is 0.264 e. The number of carbonyl (C=O) groups excluding carboxylic acids is 1. The van der Waals surface area contributed by atoms with Crippen LogP contribution in [0.1, 0.15) is 50.8 Å². The van der Waals surface area contributed by atoms with Gasteiger partial charge in [0.05, 0.1) is 36.4 Å². The number of hydrogen-bond donors (Lipinski definition) is 0. The molecule has 0 saturated carbocycles. The van der Waals surface area contributed by atoms with Gasteiger partial charge in [0, 0.05) is 23.6 Å². The van der Waals surface area contributed by atoms with Gasteiger partial charge in [-0.3, -0.25) is 9.78 Å². The van der Waals surface area contributed by atoms with E-state index >= 15 is 0 Å². The zero-order chi connectivity index (χ0) is 19.1. The van der Waals surface area contributed by atoms with Crippen molar-refractivity contribution in [1.82, 2.24) is 9.88 Å². The first kappa shape index (κ1) is 18.3. The van der Waals surface area contributed by atoms with E-state index in [0.717, 1.165) is 41.9 Å². The van der Waals surface area contributed by atoms with E-state index in [9.17, 15) is 4.79 Å². The molecule has 1 amide bonds. The Bertz CT molecular complexity index is 866. The lowest BCUT2D eigenvalue weighted by molar-refractivity contribution is -0.188. The number of hydrogen-bond acceptors (Lipinski definition) is 5. The molecule has 1 unspecified atom stereocenters. The van der Waals surface area contributed by atoms with Crippen LogP contribution in [0.5, 0.6) is 0 Å². The fraction of sp³-hybridized carbons (Fsp3) is 0.545. The molecular formula is C22H26N2O3S. The number of carbonyl (C=O) groups is 1. The average Bonchev–Trinajstić information content (AvgIpc) is 3.26. The van der Waals surface area contributed by atoms with Gasteiger partial charge in [-0.15, -0.1) is 11.3 Å². The number of ether oxygens (including phenoxy) is 2. The van der Waals surface area contributed by atoms with E-state index in [1.165, 1.54) is 16.9 Å². The van der Waals surface area contributed by atoms with Crippen molar-refractivity contribution in [3.8, 4) is 0 Å². The molecule has 2 fully saturated rings. The van der Waals surface area contributed by atoms with Crippen molar-refractivity contribution in [2.24, 2.45) is 0 Å². The molecule has 2 aromatic rings. The van der Waals surface area contributed by atoms with Crippen molar-refractivity contribution >= 4 is 17.2 Å². The third kappa shape index (κ3) is 3.49. The van der Waals surface area contributed by atoms with Crippen molar-refractivity contribution in [3.05, 3.63) is 51.0 Å². The van der Waals surface area contributed by atoms with Crippen LogP contribution in [0, 0.1) is 6.92 Å². The predicted molar refractivity (Wildman–Crippen MR) is 108 cm³/mol. The van der Waals surface area contributed by atoms with Gasteiger partial charge in [0.15, 0.2) is 0 Å². The molecular weight excluding hydrogens is 372 g/mol. The SMILES string of the molecule is Cc1cccc(COC2CCOC3(C2)CN(C(=O)c2cc4c(s2)CCC4)C3)n1. The van der Waals surface area contributed by atoms with E-state index in [0.29, 0.717) is 26.3 Å². The van der Waals surface area contributed by atoms with Crippen LogP contribution in [0.2, 0.25) is 0 Å². The lowest BCUT2D eigenvalue weighted by Crippen LogP contribution is -2.67. The van der Waals surface area contributed by atoms with Crippen molar-refractivity contribution in [3.63, 3.8) is 0 Å². The highest BCUT2D eigenvalue weighted by atomic mass is 32.1. The molecule has 1 spiro atoms. The van der Waals surface area contributed by atoms with Crippen LogP contribution in [0.4, 0.5) is 0 Å². The second-order valence-electron chi connectivity index (χ2n) is 8.30. The monoisotopic (exact) mass is 398 g/mol. The minimum atomic E-state index is -0.224. The molecule has 6 heteroatoms. The molecule has 0 aromatic carbocycles. The third-order valence-corrected chi connectivity index (χ3v) is 7.29. The zero-order valence-corrected chi connectivity index (χ0v) is 17.1. The molecule has 0 radical (unpaired) electrons. The number of nitrogens with zero attached hydrogens (tertiary/aromatic N) is 2. The summed E-state index contributed by atoms with van der Waals surface area (Å²) in [4.78, 5) is 21.6. The summed E-state index contributed by atoms with van der Waals surface area (Å²) >= 11 is 1.69. The van der Waals surface area contributed by atoms with Gasteiger partial charge in [0.2, 0.25) is 0 Å². The molecule has 0 bridgehead atoms. The molecule has 5 rings (SSSR count). The van der Waals surface area contributed by atoms with E-state index in [-0.39, 0.29) is 17.6 Å². The Morgan fingerprint density at radius 3 is 3.11 bits per heavy atom. The summed E-state index contributed by atoms with van der Waals surface area (Å²) in [6, 6.07) is 8.13. The number of aromatic nitrogens is 1. The number of pyridine rings is 1. The molecule has 148 valence electrons. The highest BCUT2D eigenvalue weighted by Crippen LogP contribution is 2.38. The number of fused-ring (bicyclic) bond motifs is 1. The van der Waals surface area contributed by atoms with Crippen molar-refractivity contribution in [1.29, 1.82) is 0 Å². The molecule has 5 nitrogen and oxygen atoms in total. The summed E-state index contributed by atoms with van der Waals surface area (Å²) in [5.41, 5.74) is 3.14. The maximum absolute atomic E-state index is 12.8.